The van der Waals surface area contributed by atoms with E-state index >= 15 is 0 Å². The highest BCUT2D eigenvalue weighted by molar-refractivity contribution is 9.10. The van der Waals surface area contributed by atoms with Crippen molar-refractivity contribution in [2.24, 2.45) is 0 Å². The molecule has 1 aromatic carbocycles. The number of terminal acetylenes is 1. The van der Waals surface area contributed by atoms with Gasteiger partial charge in [-0.05, 0) is 30.5 Å². The van der Waals surface area contributed by atoms with Crippen LogP contribution in [-0.4, -0.2) is 5.11 Å². The van der Waals surface area contributed by atoms with Gasteiger partial charge in [0.1, 0.15) is 0 Å². The molecule has 2 heteroatoms. The molecule has 0 aromatic heterocycles. The molecular weight excluding hydrogens is 240 g/mol. The standard InChI is InChI=1S/C12H13BrO/c1-2-3-4-5-12(14)10-6-8-11(13)9-7-10/h1,6-9,12,14H,3-5H2. The maximum atomic E-state index is 9.75. The molecule has 0 aliphatic heterocycles. The van der Waals surface area contributed by atoms with Crippen molar-refractivity contribution in [3.63, 3.8) is 0 Å². The molecule has 0 radical (unpaired) electrons. The van der Waals surface area contributed by atoms with E-state index in [0.29, 0.717) is 0 Å². The topological polar surface area (TPSA) is 20.2 Å². The molecule has 0 aliphatic carbocycles. The Morgan fingerprint density at radius 3 is 2.57 bits per heavy atom. The van der Waals surface area contributed by atoms with Gasteiger partial charge in [0.2, 0.25) is 0 Å². The molecule has 0 fully saturated rings. The summed E-state index contributed by atoms with van der Waals surface area (Å²) in [7, 11) is 0. The van der Waals surface area contributed by atoms with E-state index in [1.807, 2.05) is 24.3 Å². The second-order valence-corrected chi connectivity index (χ2v) is 4.08. The third-order valence-corrected chi connectivity index (χ3v) is 2.58. The number of halogens is 1. The van der Waals surface area contributed by atoms with Crippen LogP contribution in [0.1, 0.15) is 30.9 Å². The number of unbranched alkanes of at least 4 members (excludes halogenated alkanes) is 1. The summed E-state index contributed by atoms with van der Waals surface area (Å²) in [5.41, 5.74) is 0.949. The SMILES string of the molecule is C#CCCCC(O)c1ccc(Br)cc1. The van der Waals surface area contributed by atoms with Crippen molar-refractivity contribution in [3.05, 3.63) is 34.3 Å². The Hall–Kier alpha value is -0.780. The summed E-state index contributed by atoms with van der Waals surface area (Å²) >= 11 is 3.35. The maximum absolute atomic E-state index is 9.75. The molecule has 1 atom stereocenters. The Bertz CT molecular complexity index is 310. The lowest BCUT2D eigenvalue weighted by Crippen LogP contribution is -1.96. The lowest BCUT2D eigenvalue weighted by Gasteiger charge is -2.09. The highest BCUT2D eigenvalue weighted by Crippen LogP contribution is 2.20. The second-order valence-electron chi connectivity index (χ2n) is 3.16. The average molecular weight is 253 g/mol. The quantitative estimate of drug-likeness (QED) is 0.644. The number of benzene rings is 1. The van der Waals surface area contributed by atoms with Gasteiger partial charge in [-0.1, -0.05) is 28.1 Å². The summed E-state index contributed by atoms with van der Waals surface area (Å²) in [6.07, 6.45) is 7.07. The van der Waals surface area contributed by atoms with Crippen molar-refractivity contribution in [3.8, 4) is 12.3 Å². The fourth-order valence-electron chi connectivity index (χ4n) is 1.25. The number of hydrogen-bond acceptors (Lipinski definition) is 1. The minimum atomic E-state index is -0.392. The van der Waals surface area contributed by atoms with Crippen LogP contribution in [-0.2, 0) is 0 Å². The molecule has 74 valence electrons. The molecule has 0 spiro atoms. The van der Waals surface area contributed by atoms with E-state index in [1.54, 1.807) is 0 Å². The van der Waals surface area contributed by atoms with Crippen molar-refractivity contribution >= 4 is 15.9 Å². The van der Waals surface area contributed by atoms with Gasteiger partial charge in [0, 0.05) is 10.9 Å². The zero-order valence-corrected chi connectivity index (χ0v) is 9.50. The van der Waals surface area contributed by atoms with Gasteiger partial charge < -0.3 is 5.11 Å². The smallest absolute Gasteiger partial charge is 0.0790 e. The monoisotopic (exact) mass is 252 g/mol. The van der Waals surface area contributed by atoms with E-state index in [1.165, 1.54) is 0 Å². The summed E-state index contributed by atoms with van der Waals surface area (Å²) < 4.78 is 1.03. The molecule has 0 saturated carbocycles. The van der Waals surface area contributed by atoms with Gasteiger partial charge in [-0.3, -0.25) is 0 Å². The maximum Gasteiger partial charge on any atom is 0.0790 e. The Labute approximate surface area is 93.3 Å². The zero-order valence-electron chi connectivity index (χ0n) is 7.91. The molecule has 14 heavy (non-hydrogen) atoms. The van der Waals surface area contributed by atoms with Crippen LogP contribution in [0.25, 0.3) is 0 Å². The van der Waals surface area contributed by atoms with Crippen LogP contribution < -0.4 is 0 Å². The first kappa shape index (κ1) is 11.3. The number of hydrogen-bond donors (Lipinski definition) is 1. The summed E-state index contributed by atoms with van der Waals surface area (Å²) in [5, 5.41) is 9.75. The number of aliphatic hydroxyl groups excluding tert-OH is 1. The molecule has 1 nitrogen and oxygen atoms in total. The molecule has 1 aromatic rings. The second kappa shape index (κ2) is 5.85. The summed E-state index contributed by atoms with van der Waals surface area (Å²) in [6.45, 7) is 0. The number of aliphatic hydroxyl groups is 1. The molecule has 0 aliphatic rings. The fourth-order valence-corrected chi connectivity index (χ4v) is 1.51. The summed E-state index contributed by atoms with van der Waals surface area (Å²) in [6, 6.07) is 7.70. The minimum absolute atomic E-state index is 0.392. The molecule has 0 amide bonds. The van der Waals surface area contributed by atoms with Gasteiger partial charge in [0.15, 0.2) is 0 Å². The summed E-state index contributed by atoms with van der Waals surface area (Å²) in [4.78, 5) is 0. The van der Waals surface area contributed by atoms with Crippen LogP contribution >= 0.6 is 15.9 Å². The zero-order chi connectivity index (χ0) is 10.4. The summed E-state index contributed by atoms with van der Waals surface area (Å²) in [5.74, 6) is 2.57. The average Bonchev–Trinajstić information content (AvgIpc) is 2.19. The molecule has 1 N–H and O–H groups in total. The molecule has 1 rings (SSSR count). The predicted octanol–water partition coefficient (Wildman–Crippen LogP) is 3.29. The van der Waals surface area contributed by atoms with Crippen LogP contribution in [0.3, 0.4) is 0 Å². The van der Waals surface area contributed by atoms with E-state index < -0.39 is 6.10 Å². The van der Waals surface area contributed by atoms with Gasteiger partial charge in [0.25, 0.3) is 0 Å². The lowest BCUT2D eigenvalue weighted by atomic mass is 10.0. The Balaban J connectivity index is 2.48. The first-order valence-electron chi connectivity index (χ1n) is 4.61. The first-order chi connectivity index (χ1) is 6.74. The van der Waals surface area contributed by atoms with E-state index in [0.717, 1.165) is 29.3 Å². The van der Waals surface area contributed by atoms with Gasteiger partial charge >= 0.3 is 0 Å². The van der Waals surface area contributed by atoms with Crippen molar-refractivity contribution in [1.29, 1.82) is 0 Å². The van der Waals surface area contributed by atoms with Gasteiger partial charge in [0.05, 0.1) is 6.10 Å². The van der Waals surface area contributed by atoms with Gasteiger partial charge in [-0.15, -0.1) is 12.3 Å². The fraction of sp³-hybridized carbons (Fsp3) is 0.333. The Morgan fingerprint density at radius 1 is 1.36 bits per heavy atom. The Kier molecular flexibility index (Phi) is 4.72. The third kappa shape index (κ3) is 3.53. The van der Waals surface area contributed by atoms with Crippen LogP contribution in [0.15, 0.2) is 28.7 Å². The largest absolute Gasteiger partial charge is 0.388 e. The predicted molar refractivity (Wildman–Crippen MR) is 61.8 cm³/mol. The molecule has 0 saturated heterocycles. The van der Waals surface area contributed by atoms with E-state index in [2.05, 4.69) is 21.9 Å². The van der Waals surface area contributed by atoms with Crippen molar-refractivity contribution in [2.45, 2.75) is 25.4 Å². The van der Waals surface area contributed by atoms with E-state index in [-0.39, 0.29) is 0 Å². The normalized spacial score (nSPS) is 12.1. The molecule has 0 heterocycles. The molecule has 0 bridgehead atoms. The molecular formula is C12H13BrO. The van der Waals surface area contributed by atoms with Crippen LogP contribution in [0.4, 0.5) is 0 Å². The number of rotatable bonds is 4. The van der Waals surface area contributed by atoms with Crippen molar-refractivity contribution in [1.82, 2.24) is 0 Å². The first-order valence-corrected chi connectivity index (χ1v) is 5.40. The lowest BCUT2D eigenvalue weighted by molar-refractivity contribution is 0.165. The van der Waals surface area contributed by atoms with E-state index in [9.17, 15) is 5.11 Å². The molecule has 1 unspecified atom stereocenters. The highest BCUT2D eigenvalue weighted by atomic mass is 79.9. The van der Waals surface area contributed by atoms with Crippen molar-refractivity contribution < 1.29 is 5.11 Å². The highest BCUT2D eigenvalue weighted by Gasteiger charge is 2.05. The Morgan fingerprint density at radius 2 is 2.00 bits per heavy atom. The van der Waals surface area contributed by atoms with Crippen LogP contribution in [0.2, 0.25) is 0 Å². The van der Waals surface area contributed by atoms with E-state index in [4.69, 9.17) is 6.42 Å². The van der Waals surface area contributed by atoms with Crippen LogP contribution in [0.5, 0.6) is 0 Å². The van der Waals surface area contributed by atoms with Crippen LogP contribution in [0, 0.1) is 12.3 Å². The third-order valence-electron chi connectivity index (χ3n) is 2.05. The minimum Gasteiger partial charge on any atom is -0.388 e. The van der Waals surface area contributed by atoms with Gasteiger partial charge in [-0.2, -0.15) is 0 Å². The van der Waals surface area contributed by atoms with Gasteiger partial charge in [-0.25, -0.2) is 0 Å². The van der Waals surface area contributed by atoms with Crippen molar-refractivity contribution in [2.75, 3.05) is 0 Å².